The summed E-state index contributed by atoms with van der Waals surface area (Å²) in [4.78, 5) is 126. The lowest BCUT2D eigenvalue weighted by Crippen LogP contribution is -2.41. The van der Waals surface area contributed by atoms with Gasteiger partial charge in [-0.3, -0.25) is 58.0 Å². The molecule has 0 bridgehead atoms. The summed E-state index contributed by atoms with van der Waals surface area (Å²) in [5, 5.41) is 0. The van der Waals surface area contributed by atoms with Crippen molar-refractivity contribution < 1.29 is 38.4 Å². The Morgan fingerprint density at radius 2 is 0.256 bits per heavy atom. The molecule has 0 saturated heterocycles. The molecule has 0 aromatic heterocycles. The van der Waals surface area contributed by atoms with Crippen LogP contribution in [0.15, 0.2) is 97.2 Å². The average molecular weight is 1630 g/mol. The maximum atomic E-state index is 14.4. The van der Waals surface area contributed by atoms with E-state index in [0.717, 1.165) is 315 Å². The van der Waals surface area contributed by atoms with Crippen LogP contribution in [0.1, 0.15) is 447 Å². The van der Waals surface area contributed by atoms with Crippen LogP contribution in [0.5, 0.6) is 0 Å². The molecule has 8 amide bonds. The predicted molar refractivity (Wildman–Crippen MR) is 500 cm³/mol. The highest BCUT2D eigenvalue weighted by atomic mass is 16.2. The Balaban J connectivity index is 7.66. The molecule has 0 aliphatic rings. The highest BCUT2D eigenvalue weighted by Gasteiger charge is 2.26. The van der Waals surface area contributed by atoms with Crippen molar-refractivity contribution in [1.82, 2.24) is 29.4 Å². The van der Waals surface area contributed by atoms with Crippen LogP contribution in [0, 0.1) is 0 Å². The SMILES string of the molecule is CC=CCCCCCCCC(=O)N(CCCN(CCCN(CCCN(C(=O)CCCCCCCC=CC)C(=O)CCCCCCCC=CC)CCCN(C(=O)CCCCCCCC=CC)C(=O)CCCCCCCC=CC)CCCN(C(=O)CCCCCCCC=CC)C(=O)CCCCCCCC=CC)C(=O)CCCCCCCC=CC. The molecule has 0 aromatic carbocycles. The van der Waals surface area contributed by atoms with E-state index in [-0.39, 0.29) is 47.3 Å². The van der Waals surface area contributed by atoms with Crippen LogP contribution < -0.4 is 0 Å². The summed E-state index contributed by atoms with van der Waals surface area (Å²) < 4.78 is 0. The van der Waals surface area contributed by atoms with Crippen molar-refractivity contribution in [2.24, 2.45) is 0 Å². The zero-order chi connectivity index (χ0) is 85.6. The summed E-state index contributed by atoms with van der Waals surface area (Å²) in [5.74, 6) is -0.695. The number of amides is 8. The van der Waals surface area contributed by atoms with E-state index >= 15 is 0 Å². The third kappa shape index (κ3) is 69.7. The summed E-state index contributed by atoms with van der Waals surface area (Å²) in [6.45, 7) is 21.5. The van der Waals surface area contributed by atoms with Gasteiger partial charge in [0.05, 0.1) is 0 Å². The molecule has 0 fully saturated rings. The lowest BCUT2D eigenvalue weighted by atomic mass is 10.1. The van der Waals surface area contributed by atoms with E-state index < -0.39 is 0 Å². The second-order valence-corrected chi connectivity index (χ2v) is 33.2. The first-order chi connectivity index (χ1) is 57.3. The van der Waals surface area contributed by atoms with Crippen molar-refractivity contribution in [1.29, 1.82) is 0 Å². The van der Waals surface area contributed by atoms with E-state index in [1.54, 1.807) is 19.6 Å². The first-order valence-electron chi connectivity index (χ1n) is 49.0. The maximum absolute atomic E-state index is 14.4. The number of hydrogen-bond acceptors (Lipinski definition) is 10. The summed E-state index contributed by atoms with van der Waals surface area (Å²) in [7, 11) is 0. The van der Waals surface area contributed by atoms with Gasteiger partial charge in [0, 0.05) is 77.5 Å². The zero-order valence-electron chi connectivity index (χ0n) is 77.4. The summed E-state index contributed by atoms with van der Waals surface area (Å²) in [6, 6.07) is 0. The van der Waals surface area contributed by atoms with Crippen molar-refractivity contribution in [3.8, 4) is 0 Å². The predicted octanol–water partition coefficient (Wildman–Crippen LogP) is 27.4. The van der Waals surface area contributed by atoms with Crippen LogP contribution in [0.25, 0.3) is 0 Å². The van der Waals surface area contributed by atoms with Crippen molar-refractivity contribution in [2.45, 2.75) is 447 Å². The molecular weight excluding hydrogens is 1450 g/mol. The lowest BCUT2D eigenvalue weighted by Gasteiger charge is -2.29. The summed E-state index contributed by atoms with van der Waals surface area (Å²) >= 11 is 0. The highest BCUT2D eigenvalue weighted by molar-refractivity contribution is 5.97. The minimum atomic E-state index is -0.0869. The third-order valence-corrected chi connectivity index (χ3v) is 22.8. The summed E-state index contributed by atoms with van der Waals surface area (Å²) in [5.41, 5.74) is 0. The molecule has 0 aliphatic heterocycles. The Kier molecular flexibility index (Phi) is 82.6. The van der Waals surface area contributed by atoms with Gasteiger partial charge in [0.2, 0.25) is 47.3 Å². The van der Waals surface area contributed by atoms with Gasteiger partial charge in [0.1, 0.15) is 0 Å². The molecule has 672 valence electrons. The van der Waals surface area contributed by atoms with Crippen LogP contribution >= 0.6 is 0 Å². The molecule has 0 saturated carbocycles. The van der Waals surface area contributed by atoms with Gasteiger partial charge in [-0.2, -0.15) is 0 Å². The second kappa shape index (κ2) is 86.8. The molecule has 14 heteroatoms. The average Bonchev–Trinajstić information content (AvgIpc) is 0.907. The van der Waals surface area contributed by atoms with Gasteiger partial charge >= 0.3 is 0 Å². The molecule has 0 N–H and O–H groups in total. The fourth-order valence-electron chi connectivity index (χ4n) is 15.5. The maximum Gasteiger partial charge on any atom is 0.229 e. The van der Waals surface area contributed by atoms with Gasteiger partial charge in [-0.1, -0.05) is 251 Å². The fraction of sp³-hybridized carbons (Fsp3) is 0.767. The molecular formula is C103H182N6O8. The number of imide groups is 4. The summed E-state index contributed by atoms with van der Waals surface area (Å²) in [6.07, 6.45) is 89.0. The molecule has 0 rings (SSSR count). The van der Waals surface area contributed by atoms with Crippen LogP contribution in [-0.2, 0) is 38.4 Å². The molecule has 117 heavy (non-hydrogen) atoms. The Morgan fingerprint density at radius 3 is 0.385 bits per heavy atom. The van der Waals surface area contributed by atoms with Gasteiger partial charge in [0.25, 0.3) is 0 Å². The number of unbranched alkanes of at least 4 members (excludes halogenated alkanes) is 40. The monoisotopic (exact) mass is 1630 g/mol. The molecule has 0 heterocycles. The number of hydrogen-bond donors (Lipinski definition) is 0. The van der Waals surface area contributed by atoms with Crippen molar-refractivity contribution in [3.63, 3.8) is 0 Å². The van der Waals surface area contributed by atoms with E-state index in [9.17, 15) is 38.4 Å². The third-order valence-electron chi connectivity index (χ3n) is 22.8. The van der Waals surface area contributed by atoms with E-state index in [0.29, 0.717) is 142 Å². The second-order valence-electron chi connectivity index (χ2n) is 33.2. The van der Waals surface area contributed by atoms with E-state index in [1.807, 2.05) is 0 Å². The first-order valence-corrected chi connectivity index (χ1v) is 49.0. The van der Waals surface area contributed by atoms with Gasteiger partial charge < -0.3 is 9.80 Å². The van der Waals surface area contributed by atoms with Crippen LogP contribution in [0.2, 0.25) is 0 Å². The van der Waals surface area contributed by atoms with Crippen molar-refractivity contribution >= 4 is 47.3 Å². The Morgan fingerprint density at radius 1 is 0.145 bits per heavy atom. The van der Waals surface area contributed by atoms with Crippen LogP contribution in [-0.4, -0.2) is 142 Å². The first kappa shape index (κ1) is 111. The molecule has 0 atom stereocenters. The standard InChI is InChI=1S/C103H182N6O8/c1-9-17-25-33-41-49-57-65-78-96(110)106(97(111)79-66-58-50-42-34-26-18-10-2)92-74-88-104(89-75-93-107(98(112)80-67-59-51-43-35-27-19-11-3)99(113)81-68-60-52-44-36-28-20-12-4)86-73-87-105(90-76-94-108(100(114)82-69-61-53-45-37-29-21-13-5)101(115)83-70-62-54-46-38-30-22-14-6)91-77-95-109(102(116)84-71-63-55-47-39-31-23-15-7)103(117)85-72-64-56-48-40-32-24-16-8/h9-24H,25-95H2,1-8H3. The fourth-order valence-corrected chi connectivity index (χ4v) is 15.5. The van der Waals surface area contributed by atoms with Gasteiger partial charge in [-0.25, -0.2) is 0 Å². The number of allylic oxidation sites excluding steroid dienone is 16. The van der Waals surface area contributed by atoms with Crippen LogP contribution in [0.3, 0.4) is 0 Å². The van der Waals surface area contributed by atoms with E-state index in [2.05, 4.69) is 162 Å². The topological polar surface area (TPSA) is 156 Å². The smallest absolute Gasteiger partial charge is 0.229 e. The number of nitrogens with zero attached hydrogens (tertiary/aromatic N) is 6. The molecule has 0 aromatic rings. The normalized spacial score (nSPS) is 12.1. The van der Waals surface area contributed by atoms with E-state index in [1.165, 1.54) is 0 Å². The van der Waals surface area contributed by atoms with Gasteiger partial charge in [-0.15, -0.1) is 0 Å². The lowest BCUT2D eigenvalue weighted by molar-refractivity contribution is -0.146. The number of rotatable bonds is 84. The molecule has 0 radical (unpaired) electrons. The molecule has 0 unspecified atom stereocenters. The molecule has 14 nitrogen and oxygen atoms in total. The Bertz CT molecular complexity index is 2160. The quantitative estimate of drug-likeness (QED) is 0.0424. The minimum absolute atomic E-state index is 0.0869. The Labute approximate surface area is 720 Å². The van der Waals surface area contributed by atoms with E-state index in [4.69, 9.17) is 0 Å². The van der Waals surface area contributed by atoms with Gasteiger partial charge in [-0.05, 0) is 281 Å². The van der Waals surface area contributed by atoms with Crippen LogP contribution in [0.4, 0.5) is 0 Å². The zero-order valence-corrected chi connectivity index (χ0v) is 77.4. The minimum Gasteiger partial charge on any atom is -0.303 e. The largest absolute Gasteiger partial charge is 0.303 e. The highest BCUT2D eigenvalue weighted by Crippen LogP contribution is 2.21. The van der Waals surface area contributed by atoms with Crippen molar-refractivity contribution in [2.75, 3.05) is 65.4 Å². The number of carbonyl (C=O) groups excluding carboxylic acids is 8. The number of carbonyl (C=O) groups is 8. The Hall–Kier alpha value is -5.60. The van der Waals surface area contributed by atoms with Gasteiger partial charge in [0.15, 0.2) is 0 Å². The molecule has 0 spiro atoms. The van der Waals surface area contributed by atoms with Crippen molar-refractivity contribution in [3.05, 3.63) is 97.2 Å². The molecule has 0 aliphatic carbocycles.